The minimum atomic E-state index is -4.27. The van der Waals surface area contributed by atoms with Crippen molar-refractivity contribution in [2.75, 3.05) is 5.75 Å². The lowest BCUT2D eigenvalue weighted by atomic mass is 10.2. The van der Waals surface area contributed by atoms with E-state index in [1.807, 2.05) is 19.1 Å². The highest BCUT2D eigenvalue weighted by molar-refractivity contribution is 7.97. The van der Waals surface area contributed by atoms with Gasteiger partial charge >= 0.3 is 0 Å². The first-order valence-corrected chi connectivity index (χ1v) is 13.2. The van der Waals surface area contributed by atoms with Crippen LogP contribution < -0.4 is 0 Å². The highest BCUT2D eigenvalue weighted by Gasteiger charge is 2.24. The summed E-state index contributed by atoms with van der Waals surface area (Å²) in [6.07, 6.45) is 1.01. The molecule has 170 valence electrons. The van der Waals surface area contributed by atoms with Gasteiger partial charge in [-0.3, -0.25) is 0 Å². The number of rotatable bonds is 6. The lowest BCUT2D eigenvalue weighted by molar-refractivity contribution is 0.463. The molecule has 4 rings (SSSR count). The summed E-state index contributed by atoms with van der Waals surface area (Å²) in [5.41, 5.74) is 2.19. The molecule has 0 atom stereocenters. The Balaban J connectivity index is 0.000000235. The van der Waals surface area contributed by atoms with E-state index in [-0.39, 0.29) is 15.8 Å². The molecule has 0 bridgehead atoms. The smallest absolute Gasteiger partial charge is 0.160 e. The number of phenols is 1. The van der Waals surface area contributed by atoms with Crippen LogP contribution in [0.1, 0.15) is 11.1 Å². The molecular formula is C27H26O4S2. The highest BCUT2D eigenvalue weighted by Crippen LogP contribution is 2.24. The van der Waals surface area contributed by atoms with Crippen LogP contribution in [0.25, 0.3) is 0 Å². The molecule has 0 fully saturated rings. The molecule has 1 N–H and O–H groups in total. The molecule has 0 saturated carbocycles. The van der Waals surface area contributed by atoms with Gasteiger partial charge in [0.1, 0.15) is 21.6 Å². The van der Waals surface area contributed by atoms with E-state index in [0.29, 0.717) is 5.75 Å². The lowest BCUT2D eigenvalue weighted by Crippen LogP contribution is -2.11. The minimum Gasteiger partial charge on any atom is -0.744 e. The molecule has 33 heavy (non-hydrogen) atoms. The first-order valence-electron chi connectivity index (χ1n) is 10.4. The van der Waals surface area contributed by atoms with Crippen molar-refractivity contribution in [1.29, 1.82) is 0 Å². The normalized spacial score (nSPS) is 11.0. The second-order valence-electron chi connectivity index (χ2n) is 7.40. The fourth-order valence-electron chi connectivity index (χ4n) is 3.13. The highest BCUT2D eigenvalue weighted by atomic mass is 32.2. The molecule has 0 aliphatic rings. The van der Waals surface area contributed by atoms with Crippen molar-refractivity contribution in [1.82, 2.24) is 0 Å². The predicted octanol–water partition coefficient (Wildman–Crippen LogP) is 5.57. The third kappa shape index (κ3) is 7.79. The Morgan fingerprint density at radius 2 is 1.21 bits per heavy atom. The predicted molar refractivity (Wildman–Crippen MR) is 133 cm³/mol. The molecular weight excluding hydrogens is 452 g/mol. The van der Waals surface area contributed by atoms with E-state index in [1.165, 1.54) is 27.5 Å². The number of hydrogen-bond acceptors (Lipinski definition) is 4. The molecule has 0 aliphatic carbocycles. The molecule has 0 aliphatic heterocycles. The van der Waals surface area contributed by atoms with Crippen molar-refractivity contribution in [3.63, 3.8) is 0 Å². The van der Waals surface area contributed by atoms with Gasteiger partial charge in [0.05, 0.1) is 15.8 Å². The summed E-state index contributed by atoms with van der Waals surface area (Å²) in [6.45, 7) is 1.82. The molecule has 0 heterocycles. The van der Waals surface area contributed by atoms with E-state index in [0.717, 1.165) is 17.7 Å². The molecule has 0 amide bonds. The molecule has 0 unspecified atom stereocenters. The first kappa shape index (κ1) is 24.6. The first-order chi connectivity index (χ1) is 15.8. The molecule has 4 nitrogen and oxygen atoms in total. The zero-order valence-corrected chi connectivity index (χ0v) is 19.9. The lowest BCUT2D eigenvalue weighted by Gasteiger charge is -2.08. The fourth-order valence-corrected chi connectivity index (χ4v) is 5.75. The third-order valence-electron chi connectivity index (χ3n) is 4.90. The number of hydrogen-bond donors (Lipinski definition) is 1. The van der Waals surface area contributed by atoms with Crippen molar-refractivity contribution in [3.05, 3.63) is 120 Å². The summed E-state index contributed by atoms with van der Waals surface area (Å²) in [7, 11) is -4.19. The van der Waals surface area contributed by atoms with Crippen LogP contribution in [0.5, 0.6) is 5.75 Å². The average Bonchev–Trinajstić information content (AvgIpc) is 2.82. The van der Waals surface area contributed by atoms with Crippen LogP contribution in [-0.4, -0.2) is 23.8 Å². The number of phenolic OH excluding ortho intramolecular Hbond substituents is 1. The second-order valence-corrected chi connectivity index (χ2v) is 10.9. The van der Waals surface area contributed by atoms with Gasteiger partial charge in [0.15, 0.2) is 9.79 Å². The summed E-state index contributed by atoms with van der Waals surface area (Å²) in [4.78, 5) is 2.59. The van der Waals surface area contributed by atoms with Crippen LogP contribution in [0.3, 0.4) is 0 Å². The van der Waals surface area contributed by atoms with Gasteiger partial charge in [0.25, 0.3) is 0 Å². The number of benzene rings is 4. The summed E-state index contributed by atoms with van der Waals surface area (Å²) in [5, 5.41) is 9.39. The summed E-state index contributed by atoms with van der Waals surface area (Å²) >= 11 is 0. The molecule has 0 saturated heterocycles. The monoisotopic (exact) mass is 478 g/mol. The van der Waals surface area contributed by atoms with Crippen LogP contribution in [0.2, 0.25) is 0 Å². The van der Waals surface area contributed by atoms with Gasteiger partial charge in [-0.15, -0.1) is 0 Å². The van der Waals surface area contributed by atoms with Gasteiger partial charge < -0.3 is 9.66 Å². The van der Waals surface area contributed by atoms with Gasteiger partial charge in [0, 0.05) is 6.42 Å². The zero-order valence-electron chi connectivity index (χ0n) is 18.3. The molecule has 4 aromatic rings. The van der Waals surface area contributed by atoms with E-state index < -0.39 is 10.1 Å². The van der Waals surface area contributed by atoms with Gasteiger partial charge in [-0.2, -0.15) is 0 Å². The van der Waals surface area contributed by atoms with Crippen LogP contribution in [0.4, 0.5) is 0 Å². The molecule has 0 spiro atoms. The maximum atomic E-state index is 10.4. The van der Waals surface area contributed by atoms with E-state index in [1.54, 1.807) is 24.3 Å². The Morgan fingerprint density at radius 1 is 0.727 bits per heavy atom. The topological polar surface area (TPSA) is 77.4 Å². The summed E-state index contributed by atoms with van der Waals surface area (Å²) < 4.78 is 31.2. The maximum absolute atomic E-state index is 10.4. The average molecular weight is 479 g/mol. The van der Waals surface area contributed by atoms with Crippen LogP contribution in [0, 0.1) is 6.92 Å². The van der Waals surface area contributed by atoms with Gasteiger partial charge in [-0.25, -0.2) is 8.42 Å². The third-order valence-corrected chi connectivity index (χ3v) is 8.04. The maximum Gasteiger partial charge on any atom is 0.160 e. The van der Waals surface area contributed by atoms with Crippen LogP contribution >= 0.6 is 0 Å². The van der Waals surface area contributed by atoms with Crippen molar-refractivity contribution >= 4 is 21.0 Å². The molecule has 0 radical (unpaired) electrons. The van der Waals surface area contributed by atoms with Crippen LogP contribution in [0.15, 0.2) is 124 Å². The SMILES string of the molecule is Cc1ccc(S(=O)(=O)[O-])cc1.Oc1ccc(CC[S+](c2ccccc2)c2ccccc2)cc1. The van der Waals surface area contributed by atoms with E-state index in [9.17, 15) is 18.1 Å². The van der Waals surface area contributed by atoms with Gasteiger partial charge in [0.2, 0.25) is 0 Å². The van der Waals surface area contributed by atoms with Crippen molar-refractivity contribution in [2.45, 2.75) is 28.0 Å². The number of aromatic hydroxyl groups is 1. The Bertz CT molecular complexity index is 1180. The number of aryl methyl sites for hydroxylation is 2. The fraction of sp³-hybridized carbons (Fsp3) is 0.111. The Hall–Kier alpha value is -3.06. The van der Waals surface area contributed by atoms with Gasteiger partial charge in [-0.05, 0) is 61.0 Å². The van der Waals surface area contributed by atoms with Crippen molar-refractivity contribution < 1.29 is 18.1 Å². The van der Waals surface area contributed by atoms with Crippen LogP contribution in [-0.2, 0) is 27.4 Å². The molecule has 6 heteroatoms. The van der Waals surface area contributed by atoms with E-state index in [2.05, 4.69) is 60.7 Å². The Labute approximate surface area is 198 Å². The Morgan fingerprint density at radius 3 is 1.67 bits per heavy atom. The molecule has 4 aromatic carbocycles. The molecule has 0 aromatic heterocycles. The summed E-state index contributed by atoms with van der Waals surface area (Å²) in [5.74, 6) is 1.41. The van der Waals surface area contributed by atoms with Gasteiger partial charge in [-0.1, -0.05) is 66.2 Å². The largest absolute Gasteiger partial charge is 0.744 e. The van der Waals surface area contributed by atoms with E-state index in [4.69, 9.17) is 0 Å². The quantitative estimate of drug-likeness (QED) is 0.290. The standard InChI is InChI=1S/C20H18OS.C7H8O3S/c21-18-13-11-17(12-14-18)15-16-22(19-7-3-1-4-8-19)20-9-5-2-6-10-20;1-6-2-4-7(5-3-6)11(8,9)10/h1-14H,15-16H2;2-5H,1H3,(H,8,9,10). The Kier molecular flexibility index (Phi) is 8.72. The van der Waals surface area contributed by atoms with Crippen molar-refractivity contribution in [2.24, 2.45) is 0 Å². The minimum absolute atomic E-state index is 0.0804. The van der Waals surface area contributed by atoms with E-state index >= 15 is 0 Å². The summed E-state index contributed by atoms with van der Waals surface area (Å²) in [6, 6.07) is 34.8. The van der Waals surface area contributed by atoms with Crippen molar-refractivity contribution in [3.8, 4) is 5.75 Å². The zero-order chi connectivity index (χ0) is 23.7. The second kappa shape index (κ2) is 11.7.